The summed E-state index contributed by atoms with van der Waals surface area (Å²) in [6.07, 6.45) is 5.65. The molecule has 0 radical (unpaired) electrons. The van der Waals surface area contributed by atoms with Gasteiger partial charge in [-0.05, 0) is 89.1 Å². The summed E-state index contributed by atoms with van der Waals surface area (Å²) < 4.78 is 6.72. The van der Waals surface area contributed by atoms with Crippen LogP contribution in [0.5, 0.6) is 0 Å². The molecular weight excluding hydrogens is 458 g/mol. The summed E-state index contributed by atoms with van der Waals surface area (Å²) >= 11 is 0. The van der Waals surface area contributed by atoms with Crippen molar-refractivity contribution in [3.05, 3.63) is 69.3 Å². The smallest absolute Gasteiger partial charge is 0.335 e. The molecule has 0 amide bonds. The normalized spacial score (nSPS) is 12.1. The fourth-order valence-corrected chi connectivity index (χ4v) is 3.96. The molecule has 3 rings (SSSR count). The Balaban J connectivity index is 2.04. The maximum atomic E-state index is 13.4. The Bertz CT molecular complexity index is 1410. The van der Waals surface area contributed by atoms with E-state index in [1.54, 1.807) is 45.9 Å². The zero-order valence-electron chi connectivity index (χ0n) is 21.5. The van der Waals surface area contributed by atoms with E-state index in [0.717, 1.165) is 16.8 Å². The van der Waals surface area contributed by atoms with E-state index in [9.17, 15) is 19.5 Å². The van der Waals surface area contributed by atoms with Crippen LogP contribution in [0.15, 0.2) is 41.2 Å². The van der Waals surface area contributed by atoms with Gasteiger partial charge in [0, 0.05) is 5.69 Å². The Morgan fingerprint density at radius 3 is 2.39 bits per heavy atom. The number of rotatable bonds is 7. The first-order valence-corrected chi connectivity index (χ1v) is 11.6. The highest BCUT2D eigenvalue weighted by Gasteiger charge is 2.24. The first-order chi connectivity index (χ1) is 16.8. The lowest BCUT2D eigenvalue weighted by atomic mass is 9.97. The van der Waals surface area contributed by atoms with Crippen LogP contribution in [0.3, 0.4) is 0 Å². The molecule has 0 bridgehead atoms. The van der Waals surface area contributed by atoms with Gasteiger partial charge in [-0.3, -0.25) is 14.2 Å². The number of terminal acetylenes is 1. The van der Waals surface area contributed by atoms with Crippen LogP contribution < -0.4 is 10.5 Å². The van der Waals surface area contributed by atoms with Crippen molar-refractivity contribution in [1.82, 2.24) is 9.55 Å². The molecule has 0 spiro atoms. The molecule has 2 aromatic carbocycles. The number of carboxylic acid groups (broad SMARTS) is 1. The number of esters is 1. The third-order valence-corrected chi connectivity index (χ3v) is 6.10. The Morgan fingerprint density at radius 1 is 1.19 bits per heavy atom. The van der Waals surface area contributed by atoms with Crippen molar-refractivity contribution in [2.75, 3.05) is 11.4 Å². The topological polar surface area (TPSA) is 102 Å². The van der Waals surface area contributed by atoms with Gasteiger partial charge in [0.2, 0.25) is 0 Å². The van der Waals surface area contributed by atoms with Crippen LogP contribution in [-0.4, -0.2) is 33.1 Å². The number of carbonyl (C=O) groups is 2. The number of nitrogens with zero attached hydrogens (tertiary/aromatic N) is 3. The van der Waals surface area contributed by atoms with Crippen LogP contribution in [0.4, 0.5) is 5.69 Å². The molecule has 1 aromatic heterocycles. The fraction of sp³-hybridized carbons (Fsp3) is 0.357. The van der Waals surface area contributed by atoms with Gasteiger partial charge in [0.25, 0.3) is 5.56 Å². The molecule has 36 heavy (non-hydrogen) atoms. The molecule has 3 aromatic rings. The van der Waals surface area contributed by atoms with E-state index in [4.69, 9.17) is 11.2 Å². The lowest BCUT2D eigenvalue weighted by Crippen LogP contribution is -2.30. The number of carboxylic acids is 1. The molecule has 0 fully saturated rings. The van der Waals surface area contributed by atoms with Gasteiger partial charge in [-0.25, -0.2) is 9.78 Å². The van der Waals surface area contributed by atoms with Gasteiger partial charge in [-0.2, -0.15) is 0 Å². The molecule has 0 aliphatic heterocycles. The number of aromatic nitrogens is 2. The van der Waals surface area contributed by atoms with Gasteiger partial charge in [0.1, 0.15) is 5.82 Å². The Kier molecular flexibility index (Phi) is 7.54. The van der Waals surface area contributed by atoms with E-state index in [-0.39, 0.29) is 30.4 Å². The van der Waals surface area contributed by atoms with Crippen molar-refractivity contribution >= 4 is 28.5 Å². The molecule has 188 valence electrons. The van der Waals surface area contributed by atoms with Crippen LogP contribution >= 0.6 is 0 Å². The van der Waals surface area contributed by atoms with Crippen LogP contribution in [-0.2, 0) is 16.3 Å². The molecule has 0 aliphatic carbocycles. The quantitative estimate of drug-likeness (QED) is 0.386. The van der Waals surface area contributed by atoms with E-state index < -0.39 is 17.4 Å². The molecule has 1 heterocycles. The predicted molar refractivity (Wildman–Crippen MR) is 139 cm³/mol. The zero-order chi connectivity index (χ0) is 26.8. The van der Waals surface area contributed by atoms with Crippen molar-refractivity contribution in [3.63, 3.8) is 0 Å². The second-order valence-electron chi connectivity index (χ2n) is 9.79. The summed E-state index contributed by atoms with van der Waals surface area (Å²) in [5.74, 6) is 1.69. The molecule has 8 nitrogen and oxygen atoms in total. The minimum Gasteiger partial charge on any atom is -0.478 e. The molecular formula is C28H31N3O5. The van der Waals surface area contributed by atoms with E-state index >= 15 is 0 Å². The molecule has 0 saturated carbocycles. The van der Waals surface area contributed by atoms with E-state index in [0.29, 0.717) is 16.7 Å². The van der Waals surface area contributed by atoms with Gasteiger partial charge in [0.05, 0.1) is 34.5 Å². The molecule has 1 unspecified atom stereocenters. The van der Waals surface area contributed by atoms with Gasteiger partial charge in [-0.15, -0.1) is 6.42 Å². The highest BCUT2D eigenvalue weighted by molar-refractivity contribution is 5.88. The summed E-state index contributed by atoms with van der Waals surface area (Å²) in [4.78, 5) is 43.4. The SMILES string of the molecule is C#CCN(c1ccc(C(=O)O)cc1)C(C)c1cc2c(=O)n(COC(=O)C(C)(C)C)c(C)nc2cc1C. The van der Waals surface area contributed by atoms with Crippen molar-refractivity contribution in [2.24, 2.45) is 5.41 Å². The van der Waals surface area contributed by atoms with Crippen molar-refractivity contribution in [2.45, 2.75) is 54.3 Å². The zero-order valence-corrected chi connectivity index (χ0v) is 21.5. The van der Waals surface area contributed by atoms with E-state index in [1.165, 1.54) is 16.7 Å². The van der Waals surface area contributed by atoms with Gasteiger partial charge in [0.15, 0.2) is 6.73 Å². The van der Waals surface area contributed by atoms with Crippen LogP contribution in [0, 0.1) is 31.6 Å². The molecule has 0 aliphatic rings. The third-order valence-electron chi connectivity index (χ3n) is 6.10. The summed E-state index contributed by atoms with van der Waals surface area (Å²) in [6, 6.07) is 9.94. The summed E-state index contributed by atoms with van der Waals surface area (Å²) in [5, 5.41) is 9.61. The Hall–Kier alpha value is -4.12. The largest absolute Gasteiger partial charge is 0.478 e. The van der Waals surface area contributed by atoms with Crippen molar-refractivity contribution < 1.29 is 19.4 Å². The Labute approximate surface area is 210 Å². The fourth-order valence-electron chi connectivity index (χ4n) is 3.96. The summed E-state index contributed by atoms with van der Waals surface area (Å²) in [6.45, 7) is 10.9. The van der Waals surface area contributed by atoms with E-state index in [2.05, 4.69) is 10.9 Å². The number of fused-ring (bicyclic) bond motifs is 1. The monoisotopic (exact) mass is 489 g/mol. The van der Waals surface area contributed by atoms with Crippen LogP contribution in [0.2, 0.25) is 0 Å². The number of carbonyl (C=O) groups excluding carboxylic acids is 1. The first-order valence-electron chi connectivity index (χ1n) is 11.6. The molecule has 0 saturated heterocycles. The number of anilines is 1. The van der Waals surface area contributed by atoms with Gasteiger partial charge < -0.3 is 14.7 Å². The maximum absolute atomic E-state index is 13.4. The van der Waals surface area contributed by atoms with Crippen LogP contribution in [0.1, 0.15) is 61.0 Å². The number of aromatic carboxylic acids is 1. The number of aryl methyl sites for hydroxylation is 2. The average Bonchev–Trinajstić information content (AvgIpc) is 2.81. The lowest BCUT2D eigenvalue weighted by molar-refractivity contribution is -0.157. The van der Waals surface area contributed by atoms with Gasteiger partial charge in [-0.1, -0.05) is 5.92 Å². The van der Waals surface area contributed by atoms with Crippen molar-refractivity contribution in [1.29, 1.82) is 0 Å². The molecule has 8 heteroatoms. The Morgan fingerprint density at radius 2 is 1.83 bits per heavy atom. The number of benzene rings is 2. The number of hydrogen-bond donors (Lipinski definition) is 1. The minimum absolute atomic E-state index is 0.183. The van der Waals surface area contributed by atoms with Gasteiger partial charge >= 0.3 is 11.9 Å². The third kappa shape index (κ3) is 5.41. The van der Waals surface area contributed by atoms with E-state index in [1.807, 2.05) is 24.8 Å². The predicted octanol–water partition coefficient (Wildman–Crippen LogP) is 4.46. The second-order valence-corrected chi connectivity index (χ2v) is 9.79. The highest BCUT2D eigenvalue weighted by atomic mass is 16.5. The van der Waals surface area contributed by atoms with Crippen molar-refractivity contribution in [3.8, 4) is 12.3 Å². The average molecular weight is 490 g/mol. The standard InChI is InChI=1S/C28H31N3O5/c1-8-13-30(21-11-9-20(10-12-21)26(33)34)18(3)22-15-23-24(14-17(22)2)29-19(4)31(25(23)32)16-36-27(35)28(5,6)7/h1,9-12,14-15,18H,13,16H2,2-7H3,(H,33,34). The highest BCUT2D eigenvalue weighted by Crippen LogP contribution is 2.30. The lowest BCUT2D eigenvalue weighted by Gasteiger charge is -2.31. The number of hydrogen-bond acceptors (Lipinski definition) is 6. The second kappa shape index (κ2) is 10.2. The number of ether oxygens (including phenoxy) is 1. The molecule has 1 N–H and O–H groups in total. The maximum Gasteiger partial charge on any atom is 0.335 e. The summed E-state index contributed by atoms with van der Waals surface area (Å²) in [5.41, 5.74) is 2.32. The summed E-state index contributed by atoms with van der Waals surface area (Å²) in [7, 11) is 0. The first kappa shape index (κ1) is 26.5. The minimum atomic E-state index is -1.00. The molecule has 1 atom stereocenters. The van der Waals surface area contributed by atoms with Crippen LogP contribution in [0.25, 0.3) is 10.9 Å².